The van der Waals surface area contributed by atoms with Crippen molar-refractivity contribution in [2.24, 2.45) is 0 Å². The van der Waals surface area contributed by atoms with Crippen LogP contribution in [0.3, 0.4) is 0 Å². The number of amides is 2. The number of halogens is 2. The minimum absolute atomic E-state index is 0.279. The first-order valence-electron chi connectivity index (χ1n) is 5.98. The molecule has 7 heteroatoms. The Kier molecular flexibility index (Phi) is 4.84. The average Bonchev–Trinajstić information content (AvgIpc) is 2.50. The summed E-state index contributed by atoms with van der Waals surface area (Å²) in [5, 5.41) is 4.83. The minimum Gasteiger partial charge on any atom is -0.321 e. The first-order chi connectivity index (χ1) is 10.1. The SMILES string of the molecule is O=C(Nc1ccc(NC(=O)C(F)Cl)cn1)c1ccccc1. The molecular weight excluding hydrogens is 297 g/mol. The molecule has 1 atom stereocenters. The summed E-state index contributed by atoms with van der Waals surface area (Å²) in [4.78, 5) is 26.9. The predicted octanol–water partition coefficient (Wildman–Crippen LogP) is 2.81. The van der Waals surface area contributed by atoms with Gasteiger partial charge in [0.05, 0.1) is 11.9 Å². The van der Waals surface area contributed by atoms with Crippen molar-refractivity contribution in [3.05, 3.63) is 54.2 Å². The molecule has 1 heterocycles. The second-order valence-corrected chi connectivity index (χ2v) is 4.43. The molecular formula is C14H11ClFN3O2. The van der Waals surface area contributed by atoms with Crippen LogP contribution in [-0.2, 0) is 4.79 Å². The summed E-state index contributed by atoms with van der Waals surface area (Å²) in [5.74, 6) is -0.964. The summed E-state index contributed by atoms with van der Waals surface area (Å²) in [5.41, 5.74) is -1.34. The number of nitrogens with zero attached hydrogens (tertiary/aromatic N) is 1. The van der Waals surface area contributed by atoms with Crippen molar-refractivity contribution in [2.45, 2.75) is 5.63 Å². The van der Waals surface area contributed by atoms with Crippen LogP contribution < -0.4 is 10.6 Å². The van der Waals surface area contributed by atoms with Crippen molar-refractivity contribution in [1.29, 1.82) is 0 Å². The summed E-state index contributed by atoms with van der Waals surface area (Å²) in [6.45, 7) is 0. The van der Waals surface area contributed by atoms with Crippen LogP contribution in [0.1, 0.15) is 10.4 Å². The summed E-state index contributed by atoms with van der Waals surface area (Å²) in [7, 11) is 0. The molecule has 21 heavy (non-hydrogen) atoms. The smallest absolute Gasteiger partial charge is 0.274 e. The maximum Gasteiger partial charge on any atom is 0.274 e. The molecule has 1 aromatic carbocycles. The van der Waals surface area contributed by atoms with Gasteiger partial charge in [0.2, 0.25) is 0 Å². The lowest BCUT2D eigenvalue weighted by molar-refractivity contribution is -0.118. The van der Waals surface area contributed by atoms with Crippen LogP contribution in [-0.4, -0.2) is 22.4 Å². The normalized spacial score (nSPS) is 11.5. The number of alkyl halides is 2. The van der Waals surface area contributed by atoms with Crippen LogP contribution in [0.4, 0.5) is 15.9 Å². The molecule has 0 bridgehead atoms. The fourth-order valence-electron chi connectivity index (χ4n) is 1.52. The van der Waals surface area contributed by atoms with E-state index in [0.29, 0.717) is 11.4 Å². The number of hydrogen-bond acceptors (Lipinski definition) is 3. The van der Waals surface area contributed by atoms with Gasteiger partial charge in [0, 0.05) is 5.56 Å². The monoisotopic (exact) mass is 307 g/mol. The van der Waals surface area contributed by atoms with Gasteiger partial charge in [-0.3, -0.25) is 9.59 Å². The molecule has 0 saturated heterocycles. The van der Waals surface area contributed by atoms with Gasteiger partial charge in [0.1, 0.15) is 5.82 Å². The highest BCUT2D eigenvalue weighted by atomic mass is 35.5. The Labute approximate surface area is 125 Å². The number of nitrogens with one attached hydrogen (secondary N) is 2. The lowest BCUT2D eigenvalue weighted by Crippen LogP contribution is -2.19. The third-order valence-corrected chi connectivity index (χ3v) is 2.70. The van der Waals surface area contributed by atoms with Gasteiger partial charge in [-0.15, -0.1) is 0 Å². The van der Waals surface area contributed by atoms with Crippen molar-refractivity contribution >= 4 is 34.9 Å². The molecule has 2 amide bonds. The number of pyridine rings is 1. The maximum absolute atomic E-state index is 12.5. The Morgan fingerprint density at radius 1 is 1.10 bits per heavy atom. The molecule has 1 unspecified atom stereocenters. The van der Waals surface area contributed by atoms with Crippen LogP contribution in [0, 0.1) is 0 Å². The summed E-state index contributed by atoms with van der Waals surface area (Å²) >= 11 is 4.99. The van der Waals surface area contributed by atoms with E-state index in [2.05, 4.69) is 15.6 Å². The average molecular weight is 308 g/mol. The Hall–Kier alpha value is -2.47. The predicted molar refractivity (Wildman–Crippen MR) is 78.0 cm³/mol. The molecule has 5 nitrogen and oxygen atoms in total. The fraction of sp³-hybridized carbons (Fsp3) is 0.0714. The van der Waals surface area contributed by atoms with E-state index in [1.807, 2.05) is 6.07 Å². The molecule has 0 aliphatic heterocycles. The van der Waals surface area contributed by atoms with Gasteiger partial charge in [0.25, 0.3) is 17.4 Å². The van der Waals surface area contributed by atoms with Gasteiger partial charge in [-0.25, -0.2) is 9.37 Å². The molecule has 0 spiro atoms. The highest BCUT2D eigenvalue weighted by Gasteiger charge is 2.13. The van der Waals surface area contributed by atoms with Gasteiger partial charge >= 0.3 is 0 Å². The quantitative estimate of drug-likeness (QED) is 0.853. The Bertz CT molecular complexity index is 632. The minimum atomic E-state index is -2.12. The lowest BCUT2D eigenvalue weighted by atomic mass is 10.2. The summed E-state index contributed by atoms with van der Waals surface area (Å²) < 4.78 is 12.5. The third-order valence-electron chi connectivity index (χ3n) is 2.51. The fourth-order valence-corrected chi connectivity index (χ4v) is 1.57. The van der Waals surface area contributed by atoms with Gasteiger partial charge in [-0.05, 0) is 24.3 Å². The van der Waals surface area contributed by atoms with E-state index in [9.17, 15) is 14.0 Å². The number of hydrogen-bond donors (Lipinski definition) is 2. The second kappa shape index (κ2) is 6.81. The molecule has 2 aromatic rings. The number of benzene rings is 1. The van der Waals surface area contributed by atoms with E-state index in [-0.39, 0.29) is 11.6 Å². The van der Waals surface area contributed by atoms with Crippen molar-refractivity contribution in [3.63, 3.8) is 0 Å². The van der Waals surface area contributed by atoms with Crippen molar-refractivity contribution in [2.75, 3.05) is 10.6 Å². The third kappa shape index (κ3) is 4.25. The lowest BCUT2D eigenvalue weighted by Gasteiger charge is -2.07. The van der Waals surface area contributed by atoms with Gasteiger partial charge in [-0.2, -0.15) is 0 Å². The van der Waals surface area contributed by atoms with E-state index in [1.54, 1.807) is 24.3 Å². The molecule has 0 aliphatic rings. The molecule has 0 fully saturated rings. The highest BCUT2D eigenvalue weighted by molar-refractivity contribution is 6.31. The van der Waals surface area contributed by atoms with Crippen LogP contribution in [0.15, 0.2) is 48.7 Å². The zero-order chi connectivity index (χ0) is 15.2. The molecule has 0 aliphatic carbocycles. The zero-order valence-electron chi connectivity index (χ0n) is 10.7. The van der Waals surface area contributed by atoms with Crippen LogP contribution in [0.2, 0.25) is 0 Å². The molecule has 2 N–H and O–H groups in total. The standard InChI is InChI=1S/C14H11ClFN3O2/c15-12(16)14(21)18-10-6-7-11(17-8-10)19-13(20)9-4-2-1-3-5-9/h1-8,12H,(H,18,21)(H,17,19,20). The second-order valence-electron chi connectivity index (χ2n) is 4.04. The first-order valence-corrected chi connectivity index (χ1v) is 6.41. The number of carbonyl (C=O) groups excluding carboxylic acids is 2. The topological polar surface area (TPSA) is 71.1 Å². The molecule has 2 rings (SSSR count). The summed E-state index contributed by atoms with van der Waals surface area (Å²) in [6, 6.07) is 11.6. The number of carbonyl (C=O) groups is 2. The van der Waals surface area contributed by atoms with E-state index < -0.39 is 11.5 Å². The van der Waals surface area contributed by atoms with Gasteiger partial charge in [-0.1, -0.05) is 29.8 Å². The van der Waals surface area contributed by atoms with Gasteiger partial charge < -0.3 is 10.6 Å². The van der Waals surface area contributed by atoms with Crippen molar-refractivity contribution in [3.8, 4) is 0 Å². The van der Waals surface area contributed by atoms with Gasteiger partial charge in [0.15, 0.2) is 0 Å². The molecule has 108 valence electrons. The number of anilines is 2. The molecule has 0 saturated carbocycles. The Balaban J connectivity index is 2.00. The highest BCUT2D eigenvalue weighted by Crippen LogP contribution is 2.12. The van der Waals surface area contributed by atoms with Crippen LogP contribution >= 0.6 is 11.6 Å². The largest absolute Gasteiger partial charge is 0.321 e. The van der Waals surface area contributed by atoms with Crippen LogP contribution in [0.25, 0.3) is 0 Å². The molecule has 1 aromatic heterocycles. The van der Waals surface area contributed by atoms with E-state index in [0.717, 1.165) is 0 Å². The summed E-state index contributed by atoms with van der Waals surface area (Å²) in [6.07, 6.45) is 1.29. The Morgan fingerprint density at radius 2 is 1.81 bits per heavy atom. The van der Waals surface area contributed by atoms with E-state index in [4.69, 9.17) is 11.6 Å². The number of rotatable bonds is 4. The van der Waals surface area contributed by atoms with Crippen LogP contribution in [0.5, 0.6) is 0 Å². The maximum atomic E-state index is 12.5. The van der Waals surface area contributed by atoms with E-state index in [1.165, 1.54) is 18.3 Å². The first kappa shape index (κ1) is 14.9. The zero-order valence-corrected chi connectivity index (χ0v) is 11.5. The van der Waals surface area contributed by atoms with Crippen molar-refractivity contribution in [1.82, 2.24) is 4.98 Å². The van der Waals surface area contributed by atoms with E-state index >= 15 is 0 Å². The molecule has 0 radical (unpaired) electrons. The number of aromatic nitrogens is 1. The Morgan fingerprint density at radius 3 is 2.38 bits per heavy atom. The van der Waals surface area contributed by atoms with Crippen molar-refractivity contribution < 1.29 is 14.0 Å².